The summed E-state index contributed by atoms with van der Waals surface area (Å²) in [6.07, 6.45) is 10.1. The zero-order chi connectivity index (χ0) is 17.9. The largest absolute Gasteiger partial charge is 0.388 e. The van der Waals surface area contributed by atoms with Crippen molar-refractivity contribution in [2.24, 2.45) is 0 Å². The maximum absolute atomic E-state index is 10.8. The summed E-state index contributed by atoms with van der Waals surface area (Å²) >= 11 is 0. The Morgan fingerprint density at radius 1 is 0.920 bits per heavy atom. The molecule has 1 heteroatoms. The van der Waals surface area contributed by atoms with Crippen LogP contribution in [0.2, 0.25) is 0 Å². The van der Waals surface area contributed by atoms with Gasteiger partial charge < -0.3 is 5.11 Å². The molecule has 0 saturated carbocycles. The van der Waals surface area contributed by atoms with E-state index in [0.717, 1.165) is 29.5 Å². The van der Waals surface area contributed by atoms with Crippen LogP contribution in [0.5, 0.6) is 0 Å². The van der Waals surface area contributed by atoms with E-state index in [4.69, 9.17) is 0 Å². The highest BCUT2D eigenvalue weighted by molar-refractivity contribution is 5.83. The van der Waals surface area contributed by atoms with Gasteiger partial charge in [-0.1, -0.05) is 106 Å². The highest BCUT2D eigenvalue weighted by Gasteiger charge is 2.13. The maximum Gasteiger partial charge on any atom is 0.0796 e. The Hall–Kier alpha value is -1.86. The number of rotatable bonds is 10. The zero-order valence-electron chi connectivity index (χ0n) is 15.7. The Balaban J connectivity index is 2.07. The summed E-state index contributed by atoms with van der Waals surface area (Å²) in [5, 5.41) is 10.8. The minimum absolute atomic E-state index is 0.408. The Bertz CT molecular complexity index is 642. The average molecular weight is 337 g/mol. The van der Waals surface area contributed by atoms with Crippen LogP contribution < -0.4 is 0 Å². The van der Waals surface area contributed by atoms with Gasteiger partial charge in [0.1, 0.15) is 0 Å². The number of aliphatic hydroxyl groups is 1. The molecule has 0 spiro atoms. The fourth-order valence-corrected chi connectivity index (χ4v) is 3.22. The van der Waals surface area contributed by atoms with E-state index >= 15 is 0 Å². The minimum Gasteiger partial charge on any atom is -0.388 e. The number of hydrogen-bond acceptors (Lipinski definition) is 1. The highest BCUT2D eigenvalue weighted by Crippen LogP contribution is 2.25. The SMILES string of the molecule is CCCCCCCCC(O)/C(=C\c1cccc(C)c1)c1ccccc1. The van der Waals surface area contributed by atoms with Gasteiger partial charge >= 0.3 is 0 Å². The van der Waals surface area contributed by atoms with Crippen molar-refractivity contribution in [2.75, 3.05) is 0 Å². The molecule has 134 valence electrons. The molecule has 2 aromatic rings. The van der Waals surface area contributed by atoms with Crippen LogP contribution in [-0.4, -0.2) is 11.2 Å². The third-order valence-electron chi connectivity index (χ3n) is 4.66. The van der Waals surface area contributed by atoms with Crippen LogP contribution in [-0.2, 0) is 0 Å². The van der Waals surface area contributed by atoms with E-state index in [1.54, 1.807) is 0 Å². The molecule has 1 unspecified atom stereocenters. The summed E-state index contributed by atoms with van der Waals surface area (Å²) in [7, 11) is 0. The molecule has 25 heavy (non-hydrogen) atoms. The molecule has 2 rings (SSSR count). The van der Waals surface area contributed by atoms with Gasteiger partial charge in [-0.2, -0.15) is 0 Å². The maximum atomic E-state index is 10.8. The molecule has 1 nitrogen and oxygen atoms in total. The Kier molecular flexibility index (Phi) is 8.48. The van der Waals surface area contributed by atoms with E-state index in [9.17, 15) is 5.11 Å². The molecular weight excluding hydrogens is 304 g/mol. The van der Waals surface area contributed by atoms with Crippen molar-refractivity contribution in [1.29, 1.82) is 0 Å². The number of benzene rings is 2. The van der Waals surface area contributed by atoms with E-state index in [2.05, 4.69) is 56.3 Å². The van der Waals surface area contributed by atoms with Crippen molar-refractivity contribution in [1.82, 2.24) is 0 Å². The second kappa shape index (κ2) is 10.9. The molecule has 2 aromatic carbocycles. The summed E-state index contributed by atoms with van der Waals surface area (Å²) in [5.74, 6) is 0. The quantitative estimate of drug-likeness (QED) is 0.380. The van der Waals surface area contributed by atoms with Gasteiger partial charge in [0.15, 0.2) is 0 Å². The molecule has 0 radical (unpaired) electrons. The van der Waals surface area contributed by atoms with Gasteiger partial charge in [-0.25, -0.2) is 0 Å². The van der Waals surface area contributed by atoms with Crippen LogP contribution in [0.3, 0.4) is 0 Å². The molecule has 0 aromatic heterocycles. The summed E-state index contributed by atoms with van der Waals surface area (Å²) in [6.45, 7) is 4.35. The standard InChI is InChI=1S/C24H32O/c1-3-4-5-6-7-11-17-24(25)23(22-15-9-8-10-16-22)19-21-14-12-13-20(2)18-21/h8-10,12-16,18-19,24-25H,3-7,11,17H2,1-2H3/b23-19-. The lowest BCUT2D eigenvalue weighted by Gasteiger charge is -2.16. The lowest BCUT2D eigenvalue weighted by molar-refractivity contribution is 0.217. The number of unbranched alkanes of at least 4 members (excludes halogenated alkanes) is 5. The van der Waals surface area contributed by atoms with Crippen molar-refractivity contribution in [3.05, 3.63) is 71.3 Å². The predicted octanol–water partition coefficient (Wildman–Crippen LogP) is 6.65. The smallest absolute Gasteiger partial charge is 0.0796 e. The van der Waals surface area contributed by atoms with E-state index in [1.807, 2.05) is 18.2 Å². The van der Waals surface area contributed by atoms with Crippen molar-refractivity contribution in [3.63, 3.8) is 0 Å². The molecular formula is C24H32O. The molecule has 1 N–H and O–H groups in total. The third kappa shape index (κ3) is 6.88. The van der Waals surface area contributed by atoms with Crippen LogP contribution in [0.15, 0.2) is 54.6 Å². The lowest BCUT2D eigenvalue weighted by atomic mass is 9.94. The van der Waals surface area contributed by atoms with E-state index < -0.39 is 6.10 Å². The molecule has 0 heterocycles. The zero-order valence-corrected chi connectivity index (χ0v) is 15.7. The third-order valence-corrected chi connectivity index (χ3v) is 4.66. The number of hydrogen-bond donors (Lipinski definition) is 1. The predicted molar refractivity (Wildman–Crippen MR) is 109 cm³/mol. The Morgan fingerprint density at radius 3 is 2.36 bits per heavy atom. The van der Waals surface area contributed by atoms with Crippen LogP contribution in [0, 0.1) is 6.92 Å². The van der Waals surface area contributed by atoms with Crippen LogP contribution in [0.4, 0.5) is 0 Å². The first-order valence-electron chi connectivity index (χ1n) is 9.72. The van der Waals surface area contributed by atoms with E-state index in [1.165, 1.54) is 37.7 Å². The van der Waals surface area contributed by atoms with Gasteiger partial charge in [0, 0.05) is 0 Å². The van der Waals surface area contributed by atoms with Crippen molar-refractivity contribution < 1.29 is 5.11 Å². The van der Waals surface area contributed by atoms with E-state index in [-0.39, 0.29) is 0 Å². The first-order chi connectivity index (χ1) is 12.2. The first-order valence-corrected chi connectivity index (χ1v) is 9.72. The topological polar surface area (TPSA) is 20.2 Å². The summed E-state index contributed by atoms with van der Waals surface area (Å²) in [5.41, 5.74) is 4.54. The molecule has 0 aliphatic heterocycles. The normalized spacial score (nSPS) is 13.0. The molecule has 0 bridgehead atoms. The average Bonchev–Trinajstić information content (AvgIpc) is 2.63. The van der Waals surface area contributed by atoms with Crippen molar-refractivity contribution in [2.45, 2.75) is 64.9 Å². The van der Waals surface area contributed by atoms with Gasteiger partial charge in [0.2, 0.25) is 0 Å². The summed E-state index contributed by atoms with van der Waals surface area (Å²) in [4.78, 5) is 0. The molecule has 0 fully saturated rings. The van der Waals surface area contributed by atoms with Crippen LogP contribution in [0.25, 0.3) is 11.6 Å². The molecule has 0 amide bonds. The first kappa shape index (κ1) is 19.5. The van der Waals surface area contributed by atoms with Crippen LogP contribution >= 0.6 is 0 Å². The van der Waals surface area contributed by atoms with Gasteiger partial charge in [-0.05, 0) is 36.1 Å². The molecule has 0 aliphatic rings. The summed E-state index contributed by atoms with van der Waals surface area (Å²) in [6, 6.07) is 18.7. The minimum atomic E-state index is -0.408. The van der Waals surface area contributed by atoms with Crippen LogP contribution in [0.1, 0.15) is 68.6 Å². The highest BCUT2D eigenvalue weighted by atomic mass is 16.3. The van der Waals surface area contributed by atoms with Gasteiger partial charge in [0.25, 0.3) is 0 Å². The number of aryl methyl sites for hydroxylation is 1. The fraction of sp³-hybridized carbons (Fsp3) is 0.417. The Labute approximate surface area is 153 Å². The monoisotopic (exact) mass is 336 g/mol. The molecule has 0 saturated heterocycles. The Morgan fingerprint density at radius 2 is 1.64 bits per heavy atom. The second-order valence-corrected chi connectivity index (χ2v) is 6.95. The molecule has 0 aliphatic carbocycles. The summed E-state index contributed by atoms with van der Waals surface area (Å²) < 4.78 is 0. The van der Waals surface area contributed by atoms with E-state index in [0.29, 0.717) is 0 Å². The number of aliphatic hydroxyl groups excluding tert-OH is 1. The van der Waals surface area contributed by atoms with Crippen molar-refractivity contribution in [3.8, 4) is 0 Å². The fourth-order valence-electron chi connectivity index (χ4n) is 3.22. The van der Waals surface area contributed by atoms with Gasteiger partial charge in [-0.15, -0.1) is 0 Å². The van der Waals surface area contributed by atoms with Gasteiger partial charge in [0.05, 0.1) is 6.10 Å². The second-order valence-electron chi connectivity index (χ2n) is 6.95. The van der Waals surface area contributed by atoms with Gasteiger partial charge in [-0.3, -0.25) is 0 Å². The lowest BCUT2D eigenvalue weighted by Crippen LogP contribution is -2.09. The van der Waals surface area contributed by atoms with Crippen molar-refractivity contribution >= 4 is 11.6 Å². The molecule has 1 atom stereocenters.